The van der Waals surface area contributed by atoms with Crippen LogP contribution in [0.5, 0.6) is 5.75 Å². The fourth-order valence-electron chi connectivity index (χ4n) is 8.88. The van der Waals surface area contributed by atoms with Crippen molar-refractivity contribution < 1.29 is 34.2 Å². The van der Waals surface area contributed by atoms with Gasteiger partial charge in [0.15, 0.2) is 28.7 Å². The summed E-state index contributed by atoms with van der Waals surface area (Å²) in [4.78, 5) is 69.3. The summed E-state index contributed by atoms with van der Waals surface area (Å²) in [5.74, 6) is -8.82. The number of hydrogen-bond acceptors (Lipinski definition) is 7. The van der Waals surface area contributed by atoms with Crippen molar-refractivity contribution in [1.29, 1.82) is 0 Å². The zero-order valence-corrected chi connectivity index (χ0v) is 26.5. The van der Waals surface area contributed by atoms with Crippen LogP contribution in [0.15, 0.2) is 24.3 Å². The molecule has 0 bridgehead atoms. The van der Waals surface area contributed by atoms with E-state index in [1.165, 1.54) is 0 Å². The van der Waals surface area contributed by atoms with Gasteiger partial charge in [0, 0.05) is 16.9 Å². The van der Waals surface area contributed by atoms with Crippen LogP contribution in [-0.2, 0) is 25.6 Å². The number of aromatic hydroxyl groups is 1. The molecule has 0 heterocycles. The lowest BCUT2D eigenvalue weighted by Crippen LogP contribution is -2.76. The molecule has 3 aliphatic rings. The van der Waals surface area contributed by atoms with Gasteiger partial charge in [-0.25, -0.2) is 0 Å². The number of carbonyl (C=O) groups excluding carboxylic acids is 5. The molecule has 2 N–H and O–H groups in total. The molecule has 0 aromatic heterocycles. The highest BCUT2D eigenvalue weighted by molar-refractivity contribution is 6.32. The average molecular weight is 587 g/mol. The minimum atomic E-state index is -2.70. The lowest BCUT2D eigenvalue weighted by Gasteiger charge is -2.62. The van der Waals surface area contributed by atoms with E-state index in [0.29, 0.717) is 11.1 Å². The van der Waals surface area contributed by atoms with Gasteiger partial charge in [0.2, 0.25) is 0 Å². The van der Waals surface area contributed by atoms with Gasteiger partial charge in [-0.2, -0.15) is 0 Å². The first kappa shape index (κ1) is 31.0. The Labute approximate surface area is 253 Å². The highest BCUT2D eigenvalue weighted by Gasteiger charge is 2.76. The van der Waals surface area contributed by atoms with Gasteiger partial charge in [-0.15, -0.1) is 0 Å². The Bertz CT molecular complexity index is 1630. The number of phenolic OH excluding ortho intramolecular Hbond substituents is 1. The van der Waals surface area contributed by atoms with Gasteiger partial charge >= 0.3 is 0 Å². The van der Waals surface area contributed by atoms with Gasteiger partial charge in [0.25, 0.3) is 0 Å². The molecule has 3 aliphatic carbocycles. The smallest absolute Gasteiger partial charge is 0.190 e. The van der Waals surface area contributed by atoms with Crippen molar-refractivity contribution in [3.05, 3.63) is 52.1 Å². The van der Waals surface area contributed by atoms with Gasteiger partial charge in [0.05, 0.1) is 11.5 Å². The number of phenols is 1. The molecule has 43 heavy (non-hydrogen) atoms. The first-order chi connectivity index (χ1) is 19.8. The number of fused-ring (bicyclic) bond motifs is 3. The van der Waals surface area contributed by atoms with Gasteiger partial charge < -0.3 is 10.2 Å². The van der Waals surface area contributed by atoms with Crippen LogP contribution in [0.2, 0.25) is 0 Å². The van der Waals surface area contributed by atoms with Crippen LogP contribution in [-0.4, -0.2) is 44.7 Å². The molecule has 0 amide bonds. The Morgan fingerprint density at radius 2 is 1.58 bits per heavy atom. The Morgan fingerprint density at radius 1 is 0.953 bits per heavy atom. The van der Waals surface area contributed by atoms with Gasteiger partial charge in [0.1, 0.15) is 17.5 Å². The molecule has 5 rings (SSSR count). The second-order valence-electron chi connectivity index (χ2n) is 14.5. The second kappa shape index (κ2) is 9.78. The van der Waals surface area contributed by atoms with E-state index in [-0.39, 0.29) is 36.0 Å². The summed E-state index contributed by atoms with van der Waals surface area (Å²) in [6, 6.07) is 7.70. The third kappa shape index (κ3) is 3.99. The molecule has 2 fully saturated rings. The normalized spacial score (nSPS) is 32.1. The maximum atomic E-state index is 14.6. The minimum absolute atomic E-state index is 0.0167. The van der Waals surface area contributed by atoms with Crippen LogP contribution in [0, 0.1) is 48.3 Å². The summed E-state index contributed by atoms with van der Waals surface area (Å²) >= 11 is 0. The molecule has 6 atom stereocenters. The molecule has 0 saturated heterocycles. The molecule has 0 radical (unpaired) electrons. The maximum Gasteiger partial charge on any atom is 0.190 e. The SMILES string of the molecule is CC(=O)C1C(=O)C(C(C)C)[C@@]2(C)C[C@@]3(C)Cc4c(C(C)C)cc(-c5ccc(C)c(C)c5)c(O)c4C(=O)C3C(=O)[C@@]2(O)C1=O. The molecule has 7 nitrogen and oxygen atoms in total. The lowest BCUT2D eigenvalue weighted by molar-refractivity contribution is -0.205. The molecule has 2 saturated carbocycles. The molecule has 0 spiro atoms. The molecular formula is C36H42O7. The predicted molar refractivity (Wildman–Crippen MR) is 162 cm³/mol. The predicted octanol–water partition coefficient (Wildman–Crippen LogP) is 5.50. The highest BCUT2D eigenvalue weighted by Crippen LogP contribution is 2.64. The van der Waals surface area contributed by atoms with Crippen molar-refractivity contribution in [2.45, 2.75) is 86.7 Å². The summed E-state index contributed by atoms with van der Waals surface area (Å²) in [5, 5.41) is 23.9. The van der Waals surface area contributed by atoms with Crippen LogP contribution >= 0.6 is 0 Å². The van der Waals surface area contributed by atoms with Crippen LogP contribution in [0.4, 0.5) is 0 Å². The van der Waals surface area contributed by atoms with E-state index in [9.17, 15) is 34.2 Å². The monoisotopic (exact) mass is 586 g/mol. The van der Waals surface area contributed by atoms with Crippen LogP contribution in [0.25, 0.3) is 11.1 Å². The Kier molecular flexibility index (Phi) is 7.05. The van der Waals surface area contributed by atoms with Gasteiger partial charge in [-0.3, -0.25) is 24.0 Å². The summed E-state index contributed by atoms with van der Waals surface area (Å²) < 4.78 is 0. The zero-order valence-electron chi connectivity index (χ0n) is 26.5. The zero-order chi connectivity index (χ0) is 32.1. The summed E-state index contributed by atoms with van der Waals surface area (Å²) in [5.41, 5.74) is -0.381. The van der Waals surface area contributed by atoms with E-state index in [4.69, 9.17) is 0 Å². The largest absolute Gasteiger partial charge is 0.507 e. The highest BCUT2D eigenvalue weighted by atomic mass is 16.3. The Morgan fingerprint density at radius 3 is 2.12 bits per heavy atom. The summed E-state index contributed by atoms with van der Waals surface area (Å²) in [6.07, 6.45) is 0.286. The lowest BCUT2D eigenvalue weighted by atomic mass is 9.39. The maximum absolute atomic E-state index is 14.6. The van der Waals surface area contributed by atoms with E-state index in [1.807, 2.05) is 58.9 Å². The molecule has 0 aliphatic heterocycles. The van der Waals surface area contributed by atoms with Crippen molar-refractivity contribution in [2.24, 2.45) is 34.5 Å². The number of rotatable bonds is 4. The molecule has 7 heteroatoms. The molecule has 2 aromatic rings. The van der Waals surface area contributed by atoms with E-state index < -0.39 is 63.1 Å². The van der Waals surface area contributed by atoms with E-state index in [2.05, 4.69) is 0 Å². The van der Waals surface area contributed by atoms with Crippen LogP contribution < -0.4 is 0 Å². The van der Waals surface area contributed by atoms with E-state index in [0.717, 1.165) is 29.2 Å². The number of aryl methyl sites for hydroxylation is 2. The van der Waals surface area contributed by atoms with Crippen molar-refractivity contribution >= 4 is 28.9 Å². The van der Waals surface area contributed by atoms with Crippen molar-refractivity contribution in [3.8, 4) is 16.9 Å². The number of benzene rings is 2. The standard InChI is InChI=1S/C36H42O7/c1-16(2)22-13-23(21-11-10-18(5)19(6)12-21)29(38)26-24(22)14-34(8)15-35(9)27(17(3)4)30(39)25(20(7)37)32(41)36(35,43)33(42)28(34)31(26)40/h10-13,16-17,25,27-28,38,43H,14-15H2,1-9H3/t25?,27?,28?,34-,35-,36+/m1/s1. The van der Waals surface area contributed by atoms with Crippen molar-refractivity contribution in [2.75, 3.05) is 0 Å². The number of hydrogen-bond donors (Lipinski definition) is 2. The third-order valence-electron chi connectivity index (χ3n) is 10.9. The first-order valence-electron chi connectivity index (χ1n) is 15.2. The molecule has 2 aromatic carbocycles. The fraction of sp³-hybridized carbons (Fsp3) is 0.528. The number of Topliss-reactive ketones (excluding diaryl/α,β-unsaturated/α-hetero) is 5. The number of aliphatic hydroxyl groups is 1. The van der Waals surface area contributed by atoms with Gasteiger partial charge in [-0.1, -0.05) is 59.7 Å². The van der Waals surface area contributed by atoms with E-state index >= 15 is 0 Å². The quantitative estimate of drug-likeness (QED) is 0.453. The van der Waals surface area contributed by atoms with Crippen LogP contribution in [0.3, 0.4) is 0 Å². The number of ketones is 5. The minimum Gasteiger partial charge on any atom is -0.507 e. The van der Waals surface area contributed by atoms with Crippen LogP contribution in [0.1, 0.15) is 93.4 Å². The third-order valence-corrected chi connectivity index (χ3v) is 10.9. The Hall–Kier alpha value is -3.45. The van der Waals surface area contributed by atoms with Crippen molar-refractivity contribution in [3.63, 3.8) is 0 Å². The Balaban J connectivity index is 1.77. The average Bonchev–Trinajstić information content (AvgIpc) is 2.87. The molecule has 228 valence electrons. The number of carbonyl (C=O) groups is 5. The molecule has 3 unspecified atom stereocenters. The topological polar surface area (TPSA) is 126 Å². The molecular weight excluding hydrogens is 544 g/mol. The first-order valence-corrected chi connectivity index (χ1v) is 15.2. The fourth-order valence-corrected chi connectivity index (χ4v) is 8.88. The second-order valence-corrected chi connectivity index (χ2v) is 14.5. The van der Waals surface area contributed by atoms with E-state index in [1.54, 1.807) is 20.8 Å². The van der Waals surface area contributed by atoms with Crippen molar-refractivity contribution in [1.82, 2.24) is 0 Å². The van der Waals surface area contributed by atoms with Gasteiger partial charge in [-0.05, 0) is 84.7 Å². The summed E-state index contributed by atoms with van der Waals surface area (Å²) in [6.45, 7) is 16.1. The summed E-state index contributed by atoms with van der Waals surface area (Å²) in [7, 11) is 0.